The molecule has 0 aromatic carbocycles. The minimum Gasteiger partial charge on any atom is -0.394 e. The van der Waals surface area contributed by atoms with Gasteiger partial charge in [0.2, 0.25) is 13.9 Å². The summed E-state index contributed by atoms with van der Waals surface area (Å²) in [7, 11) is 1.74. The Morgan fingerprint density at radius 2 is 2.50 bits per heavy atom. The summed E-state index contributed by atoms with van der Waals surface area (Å²) in [6.45, 7) is 2.08. The van der Waals surface area contributed by atoms with Crippen LogP contribution in [-0.2, 0) is 4.79 Å². The van der Waals surface area contributed by atoms with Gasteiger partial charge >= 0.3 is 0 Å². The molecule has 1 aliphatic rings. The van der Waals surface area contributed by atoms with Gasteiger partial charge in [0.1, 0.15) is 0 Å². The highest BCUT2D eigenvalue weighted by molar-refractivity contribution is 6.15. The van der Waals surface area contributed by atoms with Crippen LogP contribution in [0.25, 0.3) is 0 Å². The van der Waals surface area contributed by atoms with Gasteiger partial charge in [-0.2, -0.15) is 0 Å². The van der Waals surface area contributed by atoms with Crippen molar-refractivity contribution >= 4 is 13.9 Å². The molecule has 0 bridgehead atoms. The fraction of sp³-hybridized carbons (Fsp3) is 0.833. The molecule has 0 spiro atoms. The Balaban J connectivity index is 2.64. The number of amides is 1. The average Bonchev–Trinajstić information content (AvgIpc) is 2.09. The number of hydrogen-bond acceptors (Lipinski definition) is 2. The molecular weight excluding hydrogens is 129 g/mol. The molecule has 1 heterocycles. The van der Waals surface area contributed by atoms with Crippen LogP contribution >= 0.6 is 0 Å². The van der Waals surface area contributed by atoms with Crippen molar-refractivity contribution in [3.63, 3.8) is 0 Å². The normalized spacial score (nSPS) is 33.4. The zero-order chi connectivity index (χ0) is 7.72. The molecule has 3 nitrogen and oxygen atoms in total. The summed E-state index contributed by atoms with van der Waals surface area (Å²) in [6, 6.07) is 0.0486. The molecular formula is C6H12BNO2. The SMILES string of the molecule is BN1C(=O)CC(C)C1CO. The maximum absolute atomic E-state index is 11.0. The van der Waals surface area contributed by atoms with Crippen molar-refractivity contribution in [3.05, 3.63) is 0 Å². The molecule has 2 atom stereocenters. The zero-order valence-corrected chi connectivity index (χ0v) is 6.37. The molecule has 1 aliphatic heterocycles. The quantitative estimate of drug-likeness (QED) is 0.464. The summed E-state index contributed by atoms with van der Waals surface area (Å²) in [6.07, 6.45) is 0.585. The van der Waals surface area contributed by atoms with Crippen molar-refractivity contribution in [1.82, 2.24) is 4.81 Å². The Hall–Kier alpha value is -0.505. The maximum atomic E-state index is 11.0. The minimum atomic E-state index is 0.0486. The molecule has 0 radical (unpaired) electrons. The van der Waals surface area contributed by atoms with Crippen molar-refractivity contribution in [1.29, 1.82) is 0 Å². The van der Waals surface area contributed by atoms with E-state index in [1.807, 2.05) is 6.92 Å². The van der Waals surface area contributed by atoms with Gasteiger partial charge in [0, 0.05) is 12.5 Å². The van der Waals surface area contributed by atoms with Gasteiger partial charge < -0.3 is 9.92 Å². The number of aliphatic hydroxyl groups excluding tert-OH is 1. The van der Waals surface area contributed by atoms with E-state index in [0.717, 1.165) is 0 Å². The third-order valence-electron chi connectivity index (χ3n) is 2.23. The summed E-state index contributed by atoms with van der Waals surface area (Å²) in [5.41, 5.74) is 0. The van der Waals surface area contributed by atoms with Crippen LogP contribution in [0.4, 0.5) is 0 Å². The molecule has 0 saturated carbocycles. The van der Waals surface area contributed by atoms with E-state index in [-0.39, 0.29) is 18.6 Å². The van der Waals surface area contributed by atoms with Crippen LogP contribution in [-0.4, -0.2) is 36.5 Å². The zero-order valence-electron chi connectivity index (χ0n) is 6.37. The van der Waals surface area contributed by atoms with E-state index in [2.05, 4.69) is 0 Å². The lowest BCUT2D eigenvalue weighted by molar-refractivity contribution is -0.124. The molecule has 1 rings (SSSR count). The number of aliphatic hydroxyl groups is 1. The van der Waals surface area contributed by atoms with Crippen molar-refractivity contribution < 1.29 is 9.90 Å². The summed E-state index contributed by atoms with van der Waals surface area (Å²) >= 11 is 0. The number of hydrogen-bond donors (Lipinski definition) is 1. The monoisotopic (exact) mass is 141 g/mol. The van der Waals surface area contributed by atoms with Gasteiger partial charge in [-0.25, -0.2) is 0 Å². The lowest BCUT2D eigenvalue weighted by Gasteiger charge is -2.20. The van der Waals surface area contributed by atoms with E-state index in [1.54, 1.807) is 12.8 Å². The molecule has 56 valence electrons. The molecule has 2 unspecified atom stereocenters. The molecule has 4 heteroatoms. The Bertz CT molecular complexity index is 151. The fourth-order valence-electron chi connectivity index (χ4n) is 1.42. The number of carbonyl (C=O) groups is 1. The number of rotatable bonds is 1. The Kier molecular flexibility index (Phi) is 1.99. The van der Waals surface area contributed by atoms with Crippen molar-refractivity contribution in [2.45, 2.75) is 19.4 Å². The first-order valence-electron chi connectivity index (χ1n) is 3.53. The van der Waals surface area contributed by atoms with E-state index in [1.165, 1.54) is 0 Å². The second-order valence-electron chi connectivity index (χ2n) is 2.94. The lowest BCUT2D eigenvalue weighted by Crippen LogP contribution is -2.35. The molecule has 10 heavy (non-hydrogen) atoms. The van der Waals surface area contributed by atoms with Gasteiger partial charge in [0.15, 0.2) is 0 Å². The van der Waals surface area contributed by atoms with E-state index < -0.39 is 0 Å². The highest BCUT2D eigenvalue weighted by atomic mass is 16.3. The Labute approximate surface area is 61.4 Å². The molecule has 1 amide bonds. The molecule has 1 N–H and O–H groups in total. The summed E-state index contributed by atoms with van der Waals surface area (Å²) in [5, 5.41) is 8.83. The first-order valence-corrected chi connectivity index (χ1v) is 3.53. The lowest BCUT2D eigenvalue weighted by atomic mass is 10.0. The largest absolute Gasteiger partial charge is 0.394 e. The highest BCUT2D eigenvalue weighted by Gasteiger charge is 2.32. The van der Waals surface area contributed by atoms with Crippen LogP contribution in [0.15, 0.2) is 0 Å². The third-order valence-corrected chi connectivity index (χ3v) is 2.23. The van der Waals surface area contributed by atoms with E-state index >= 15 is 0 Å². The van der Waals surface area contributed by atoms with Crippen LogP contribution in [0, 0.1) is 5.92 Å². The third kappa shape index (κ3) is 1.03. The first kappa shape index (κ1) is 7.60. The van der Waals surface area contributed by atoms with Gasteiger partial charge in [-0.3, -0.25) is 4.79 Å². The van der Waals surface area contributed by atoms with E-state index in [9.17, 15) is 4.79 Å². The van der Waals surface area contributed by atoms with Gasteiger partial charge in [-0.1, -0.05) is 6.92 Å². The second kappa shape index (κ2) is 2.62. The molecule has 0 aromatic rings. The predicted molar refractivity (Wildman–Crippen MR) is 40.0 cm³/mol. The molecule has 1 saturated heterocycles. The van der Waals surface area contributed by atoms with Gasteiger partial charge in [0.25, 0.3) is 0 Å². The van der Waals surface area contributed by atoms with E-state index in [4.69, 9.17) is 5.11 Å². The average molecular weight is 141 g/mol. The molecule has 0 aromatic heterocycles. The van der Waals surface area contributed by atoms with Crippen LogP contribution in [0.1, 0.15) is 13.3 Å². The number of nitrogens with zero attached hydrogens (tertiary/aromatic N) is 1. The number of carbonyl (C=O) groups excluding carboxylic acids is 1. The highest BCUT2D eigenvalue weighted by Crippen LogP contribution is 2.21. The maximum Gasteiger partial charge on any atom is 0.221 e. The predicted octanol–water partition coefficient (Wildman–Crippen LogP) is -1.24. The Morgan fingerprint density at radius 3 is 2.70 bits per heavy atom. The van der Waals surface area contributed by atoms with Crippen LogP contribution in [0.2, 0.25) is 0 Å². The first-order chi connectivity index (χ1) is 4.66. The smallest absolute Gasteiger partial charge is 0.221 e. The fourth-order valence-corrected chi connectivity index (χ4v) is 1.42. The van der Waals surface area contributed by atoms with E-state index in [0.29, 0.717) is 12.3 Å². The standard InChI is InChI=1S/C6H12BNO2/c1-4-2-6(10)8(7)5(4)3-9/h4-5,9H,2-3,7H2,1H3. The van der Waals surface area contributed by atoms with Gasteiger partial charge in [-0.05, 0) is 5.92 Å². The summed E-state index contributed by atoms with van der Waals surface area (Å²) in [5.74, 6) is 0.453. The second-order valence-corrected chi connectivity index (χ2v) is 2.94. The van der Waals surface area contributed by atoms with Crippen LogP contribution in [0.3, 0.4) is 0 Å². The van der Waals surface area contributed by atoms with Gasteiger partial charge in [0.05, 0.1) is 6.61 Å². The van der Waals surface area contributed by atoms with Gasteiger partial charge in [-0.15, -0.1) is 0 Å². The van der Waals surface area contributed by atoms with Crippen LogP contribution in [0.5, 0.6) is 0 Å². The van der Waals surface area contributed by atoms with Crippen molar-refractivity contribution in [2.75, 3.05) is 6.61 Å². The Morgan fingerprint density at radius 1 is 1.90 bits per heavy atom. The van der Waals surface area contributed by atoms with Crippen molar-refractivity contribution in [3.8, 4) is 0 Å². The van der Waals surface area contributed by atoms with Crippen molar-refractivity contribution in [2.24, 2.45) is 5.92 Å². The van der Waals surface area contributed by atoms with Crippen LogP contribution < -0.4 is 0 Å². The topological polar surface area (TPSA) is 40.5 Å². The molecule has 1 fully saturated rings. The summed E-state index contributed by atoms with van der Waals surface area (Å²) in [4.78, 5) is 12.6. The summed E-state index contributed by atoms with van der Waals surface area (Å²) < 4.78 is 0. The molecule has 0 aliphatic carbocycles. The minimum absolute atomic E-state index is 0.0486.